The van der Waals surface area contributed by atoms with Crippen molar-refractivity contribution in [2.24, 2.45) is 13.0 Å². The Morgan fingerprint density at radius 1 is 1.18 bits per heavy atom. The van der Waals surface area contributed by atoms with Crippen LogP contribution in [0.1, 0.15) is 48.9 Å². The van der Waals surface area contributed by atoms with Crippen LogP contribution in [0.25, 0.3) is 0 Å². The summed E-state index contributed by atoms with van der Waals surface area (Å²) in [5.41, 5.74) is 9.49. The van der Waals surface area contributed by atoms with Crippen molar-refractivity contribution in [1.82, 2.24) is 30.6 Å². The Bertz CT molecular complexity index is 824. The number of fused-ring (bicyclic) bond motifs is 1. The lowest BCUT2D eigenvalue weighted by atomic mass is 9.73. The van der Waals surface area contributed by atoms with Crippen LogP contribution >= 0.6 is 0 Å². The molecule has 4 heterocycles. The molecule has 0 radical (unpaired) electrons. The van der Waals surface area contributed by atoms with Crippen molar-refractivity contribution in [3.05, 3.63) is 36.0 Å². The van der Waals surface area contributed by atoms with Crippen LogP contribution in [-0.4, -0.2) is 52.1 Å². The van der Waals surface area contributed by atoms with Crippen LogP contribution in [0.15, 0.2) is 24.8 Å². The van der Waals surface area contributed by atoms with E-state index in [9.17, 15) is 0 Å². The van der Waals surface area contributed by atoms with Gasteiger partial charge in [0.05, 0.1) is 24.0 Å². The number of aryl methyl sites for hydroxylation is 1. The summed E-state index contributed by atoms with van der Waals surface area (Å²) in [5.74, 6) is 2.10. The van der Waals surface area contributed by atoms with E-state index in [1.54, 1.807) is 13.4 Å². The van der Waals surface area contributed by atoms with Crippen LogP contribution in [0.4, 0.5) is 5.82 Å². The van der Waals surface area contributed by atoms with E-state index in [2.05, 4.69) is 43.1 Å². The maximum absolute atomic E-state index is 5.50. The molecule has 1 saturated carbocycles. The highest BCUT2D eigenvalue weighted by Crippen LogP contribution is 2.43. The maximum atomic E-state index is 5.50. The van der Waals surface area contributed by atoms with Crippen molar-refractivity contribution in [3.63, 3.8) is 0 Å². The Morgan fingerprint density at radius 2 is 2.11 bits per heavy atom. The van der Waals surface area contributed by atoms with Crippen LogP contribution in [-0.2, 0) is 11.8 Å². The fraction of sp³-hybridized carbons (Fsp3) is 0.650. The predicted molar refractivity (Wildman–Crippen MR) is 106 cm³/mol. The molecule has 2 aliphatic heterocycles. The molecule has 150 valence electrons. The Kier molecular flexibility index (Phi) is 4.78. The van der Waals surface area contributed by atoms with Crippen molar-refractivity contribution >= 4 is 5.82 Å². The van der Waals surface area contributed by atoms with Gasteiger partial charge in [0.15, 0.2) is 0 Å². The molecular formula is C20H29N7O. The molecule has 3 fully saturated rings. The van der Waals surface area contributed by atoms with Gasteiger partial charge in [-0.3, -0.25) is 10.1 Å². The Labute approximate surface area is 165 Å². The van der Waals surface area contributed by atoms with Gasteiger partial charge in [0.1, 0.15) is 12.1 Å². The zero-order chi connectivity index (χ0) is 19.1. The second-order valence-electron chi connectivity index (χ2n) is 8.39. The van der Waals surface area contributed by atoms with Gasteiger partial charge in [0, 0.05) is 45.6 Å². The highest BCUT2D eigenvalue weighted by Gasteiger charge is 2.42. The molecule has 0 aromatic carbocycles. The smallest absolute Gasteiger partial charge is 0.132 e. The summed E-state index contributed by atoms with van der Waals surface area (Å²) >= 11 is 0. The van der Waals surface area contributed by atoms with Gasteiger partial charge in [0.2, 0.25) is 0 Å². The van der Waals surface area contributed by atoms with Crippen molar-refractivity contribution < 1.29 is 4.74 Å². The molecule has 2 saturated heterocycles. The first-order chi connectivity index (χ1) is 13.7. The summed E-state index contributed by atoms with van der Waals surface area (Å²) in [6, 6.07) is 2.88. The van der Waals surface area contributed by atoms with Crippen molar-refractivity contribution in [3.8, 4) is 0 Å². The van der Waals surface area contributed by atoms with Gasteiger partial charge in [-0.05, 0) is 43.1 Å². The summed E-state index contributed by atoms with van der Waals surface area (Å²) in [4.78, 5) is 11.5. The highest BCUT2D eigenvalue weighted by atomic mass is 16.5. The number of hydrazine groups is 1. The third-order valence-electron chi connectivity index (χ3n) is 6.74. The van der Waals surface area contributed by atoms with Crippen molar-refractivity contribution in [2.45, 2.75) is 49.8 Å². The number of hydrogen-bond donors (Lipinski definition) is 2. The topological polar surface area (TPSA) is 80.1 Å². The summed E-state index contributed by atoms with van der Waals surface area (Å²) in [6.07, 6.45) is 10.8. The first kappa shape index (κ1) is 18.0. The third-order valence-corrected chi connectivity index (χ3v) is 6.74. The molecule has 2 N–H and O–H groups in total. The molecule has 0 amide bonds. The molecule has 8 heteroatoms. The summed E-state index contributed by atoms with van der Waals surface area (Å²) in [7, 11) is 3.78. The number of aromatic nitrogens is 4. The van der Waals surface area contributed by atoms with Gasteiger partial charge >= 0.3 is 0 Å². The Hall–Kier alpha value is -2.03. The number of rotatable bonds is 4. The normalized spacial score (nSPS) is 32.6. The van der Waals surface area contributed by atoms with Crippen LogP contribution in [0.3, 0.4) is 0 Å². The molecule has 2 aromatic heterocycles. The lowest BCUT2D eigenvalue weighted by molar-refractivity contribution is 0.121. The molecule has 1 aliphatic carbocycles. The predicted octanol–water partition coefficient (Wildman–Crippen LogP) is 1.54. The zero-order valence-electron chi connectivity index (χ0n) is 16.6. The van der Waals surface area contributed by atoms with Crippen molar-refractivity contribution in [2.75, 3.05) is 25.1 Å². The first-order valence-electron chi connectivity index (χ1n) is 10.3. The number of hydrogen-bond acceptors (Lipinski definition) is 7. The average Bonchev–Trinajstić information content (AvgIpc) is 3.46. The minimum absolute atomic E-state index is 0.215. The highest BCUT2D eigenvalue weighted by molar-refractivity contribution is 5.41. The lowest BCUT2D eigenvalue weighted by Crippen LogP contribution is -2.34. The van der Waals surface area contributed by atoms with E-state index in [0.29, 0.717) is 24.0 Å². The molecular weight excluding hydrogens is 354 g/mol. The number of ether oxygens (including phenoxy) is 1. The molecule has 2 aromatic rings. The van der Waals surface area contributed by atoms with Gasteiger partial charge < -0.3 is 9.64 Å². The second-order valence-corrected chi connectivity index (χ2v) is 8.39. The van der Waals surface area contributed by atoms with Crippen LogP contribution in [0, 0.1) is 5.92 Å². The molecule has 0 spiro atoms. The van der Waals surface area contributed by atoms with Gasteiger partial charge in [-0.2, -0.15) is 5.10 Å². The second kappa shape index (κ2) is 7.42. The zero-order valence-corrected chi connectivity index (χ0v) is 16.6. The Balaban J connectivity index is 1.34. The third kappa shape index (κ3) is 3.29. The molecule has 8 nitrogen and oxygen atoms in total. The number of nitrogens with zero attached hydrogens (tertiary/aromatic N) is 5. The first-order valence-corrected chi connectivity index (χ1v) is 10.3. The van der Waals surface area contributed by atoms with E-state index in [-0.39, 0.29) is 6.04 Å². The quantitative estimate of drug-likeness (QED) is 0.829. The molecule has 5 rings (SSSR count). The van der Waals surface area contributed by atoms with E-state index in [0.717, 1.165) is 37.4 Å². The van der Waals surface area contributed by atoms with Crippen LogP contribution in [0.2, 0.25) is 0 Å². The van der Waals surface area contributed by atoms with Gasteiger partial charge in [-0.1, -0.05) is 0 Å². The largest absolute Gasteiger partial charge is 0.380 e. The average molecular weight is 384 g/mol. The van der Waals surface area contributed by atoms with E-state index < -0.39 is 0 Å². The van der Waals surface area contributed by atoms with E-state index in [1.165, 1.54) is 18.4 Å². The fourth-order valence-electron chi connectivity index (χ4n) is 5.14. The summed E-state index contributed by atoms with van der Waals surface area (Å²) in [5, 5.41) is 4.37. The van der Waals surface area contributed by atoms with Crippen molar-refractivity contribution in [1.29, 1.82) is 0 Å². The molecule has 5 atom stereocenters. The minimum atomic E-state index is 0.215. The van der Waals surface area contributed by atoms with E-state index in [1.807, 2.05) is 17.9 Å². The maximum Gasteiger partial charge on any atom is 0.132 e. The molecule has 0 bridgehead atoms. The fourth-order valence-corrected chi connectivity index (χ4v) is 5.14. The summed E-state index contributed by atoms with van der Waals surface area (Å²) in [6.45, 7) is 1.89. The monoisotopic (exact) mass is 383 g/mol. The van der Waals surface area contributed by atoms with Gasteiger partial charge in [0.25, 0.3) is 0 Å². The van der Waals surface area contributed by atoms with E-state index in [4.69, 9.17) is 4.74 Å². The summed E-state index contributed by atoms with van der Waals surface area (Å²) < 4.78 is 7.41. The van der Waals surface area contributed by atoms with Gasteiger partial charge in [-0.25, -0.2) is 15.4 Å². The number of anilines is 1. The molecule has 4 unspecified atom stereocenters. The standard InChI is InChI=1S/C20H29N7O/c1-26-10-14(9-23-26)13-3-4-17-16(7-13)20(25-24-17)18-8-19(22-12-21-18)27-6-5-15(11-27)28-2/h8-10,12-13,15-17,20,24-25H,3-7,11H2,1-2H3/t13?,15-,16?,17?,20?/m0/s1. The Morgan fingerprint density at radius 3 is 2.89 bits per heavy atom. The lowest BCUT2D eigenvalue weighted by Gasteiger charge is -2.32. The SMILES string of the molecule is CO[C@H]1CCN(c2cc(C3NNC4CCC(c5cnn(C)c5)CC43)ncn2)C1. The van der Waals surface area contributed by atoms with Crippen LogP contribution < -0.4 is 15.8 Å². The van der Waals surface area contributed by atoms with E-state index >= 15 is 0 Å². The van der Waals surface area contributed by atoms with Gasteiger partial charge in [-0.15, -0.1) is 0 Å². The van der Waals surface area contributed by atoms with Crippen LogP contribution in [0.5, 0.6) is 0 Å². The number of methoxy groups -OCH3 is 1. The minimum Gasteiger partial charge on any atom is -0.380 e. The molecule has 28 heavy (non-hydrogen) atoms. The number of nitrogens with one attached hydrogen (secondary N) is 2. The molecule has 3 aliphatic rings.